The minimum atomic E-state index is -0.605. The summed E-state index contributed by atoms with van der Waals surface area (Å²) >= 11 is 0. The van der Waals surface area contributed by atoms with Crippen LogP contribution in [0, 0.1) is 0 Å². The molecule has 2 N–H and O–H groups in total. The first-order chi connectivity index (χ1) is 8.43. The van der Waals surface area contributed by atoms with Gasteiger partial charge in [0.1, 0.15) is 0 Å². The van der Waals surface area contributed by atoms with E-state index in [9.17, 15) is 9.59 Å². The van der Waals surface area contributed by atoms with E-state index in [1.807, 2.05) is 0 Å². The Morgan fingerprint density at radius 2 is 2.00 bits per heavy atom. The van der Waals surface area contributed by atoms with Gasteiger partial charge in [-0.1, -0.05) is 12.1 Å². The third-order valence-electron chi connectivity index (χ3n) is 2.54. The summed E-state index contributed by atoms with van der Waals surface area (Å²) in [6.07, 6.45) is -0.605. The molecule has 0 aliphatic rings. The van der Waals surface area contributed by atoms with Crippen molar-refractivity contribution in [2.24, 2.45) is 0 Å². The van der Waals surface area contributed by atoms with Crippen LogP contribution in [0.25, 0.3) is 0 Å². The van der Waals surface area contributed by atoms with Crippen molar-refractivity contribution in [2.45, 2.75) is 20.0 Å². The quantitative estimate of drug-likeness (QED) is 0.829. The molecule has 5 nitrogen and oxygen atoms in total. The van der Waals surface area contributed by atoms with Crippen molar-refractivity contribution in [3.8, 4) is 0 Å². The molecule has 1 atom stereocenters. The Morgan fingerprint density at radius 1 is 1.39 bits per heavy atom. The second-order valence-corrected chi connectivity index (χ2v) is 4.15. The van der Waals surface area contributed by atoms with E-state index < -0.39 is 6.10 Å². The smallest absolute Gasteiger partial charge is 0.253 e. The van der Waals surface area contributed by atoms with Gasteiger partial charge in [0.05, 0.1) is 17.4 Å². The number of anilines is 1. The lowest BCUT2D eigenvalue weighted by atomic mass is 10.1. The number of aliphatic hydroxyl groups is 1. The molecule has 98 valence electrons. The first kappa shape index (κ1) is 14.2. The number of benzene rings is 1. The van der Waals surface area contributed by atoms with Gasteiger partial charge in [0.2, 0.25) is 5.91 Å². The molecule has 1 aromatic rings. The lowest BCUT2D eigenvalue weighted by molar-refractivity contribution is -0.116. The van der Waals surface area contributed by atoms with Crippen molar-refractivity contribution in [1.82, 2.24) is 5.32 Å². The molecular weight excluding hydrogens is 232 g/mol. The maximum absolute atomic E-state index is 11.9. The summed E-state index contributed by atoms with van der Waals surface area (Å²) in [4.78, 5) is 24.7. The number of rotatable bonds is 4. The summed E-state index contributed by atoms with van der Waals surface area (Å²) in [5.74, 6) is -0.453. The van der Waals surface area contributed by atoms with Gasteiger partial charge in [-0.05, 0) is 19.1 Å². The fourth-order valence-electron chi connectivity index (χ4n) is 1.46. The highest BCUT2D eigenvalue weighted by molar-refractivity contribution is 6.04. The van der Waals surface area contributed by atoms with Crippen LogP contribution in [0.4, 0.5) is 5.69 Å². The molecule has 0 aliphatic carbocycles. The van der Waals surface area contributed by atoms with Crippen LogP contribution < -0.4 is 10.2 Å². The number of hydrogen-bond donors (Lipinski definition) is 2. The number of carbonyl (C=O) groups excluding carboxylic acids is 2. The summed E-state index contributed by atoms with van der Waals surface area (Å²) < 4.78 is 0. The van der Waals surface area contributed by atoms with E-state index in [0.29, 0.717) is 11.3 Å². The van der Waals surface area contributed by atoms with Crippen LogP contribution in [-0.4, -0.2) is 36.6 Å². The summed E-state index contributed by atoms with van der Waals surface area (Å²) in [7, 11) is 1.61. The van der Waals surface area contributed by atoms with Gasteiger partial charge in [0, 0.05) is 20.5 Å². The number of nitrogens with zero attached hydrogens (tertiary/aromatic N) is 1. The van der Waals surface area contributed by atoms with Crippen LogP contribution in [0.2, 0.25) is 0 Å². The van der Waals surface area contributed by atoms with Crippen molar-refractivity contribution in [3.63, 3.8) is 0 Å². The summed E-state index contributed by atoms with van der Waals surface area (Å²) in [5, 5.41) is 11.7. The fraction of sp³-hybridized carbons (Fsp3) is 0.385. The average molecular weight is 250 g/mol. The molecule has 0 radical (unpaired) electrons. The maximum Gasteiger partial charge on any atom is 0.253 e. The largest absolute Gasteiger partial charge is 0.392 e. The molecule has 0 fully saturated rings. The SMILES string of the molecule is CC(=O)N(C)c1ccccc1C(=O)NC[C@H](C)O. The van der Waals surface area contributed by atoms with Crippen molar-refractivity contribution in [3.05, 3.63) is 29.8 Å². The van der Waals surface area contributed by atoms with E-state index in [1.54, 1.807) is 38.2 Å². The van der Waals surface area contributed by atoms with Crippen LogP contribution in [0.1, 0.15) is 24.2 Å². The molecular formula is C13H18N2O3. The first-order valence-electron chi connectivity index (χ1n) is 5.73. The zero-order valence-electron chi connectivity index (χ0n) is 10.8. The van der Waals surface area contributed by atoms with Crippen molar-refractivity contribution >= 4 is 17.5 Å². The van der Waals surface area contributed by atoms with E-state index in [0.717, 1.165) is 0 Å². The third kappa shape index (κ3) is 3.56. The molecule has 0 spiro atoms. The number of para-hydroxylation sites is 1. The van der Waals surface area contributed by atoms with Gasteiger partial charge in [-0.25, -0.2) is 0 Å². The van der Waals surface area contributed by atoms with Gasteiger partial charge in [-0.3, -0.25) is 9.59 Å². The monoisotopic (exact) mass is 250 g/mol. The summed E-state index contributed by atoms with van der Waals surface area (Å²) in [5.41, 5.74) is 0.962. The zero-order chi connectivity index (χ0) is 13.7. The number of amides is 2. The highest BCUT2D eigenvalue weighted by atomic mass is 16.3. The second kappa shape index (κ2) is 6.16. The Balaban J connectivity index is 2.94. The Bertz CT molecular complexity index is 444. The van der Waals surface area contributed by atoms with Crippen LogP contribution in [0.15, 0.2) is 24.3 Å². The van der Waals surface area contributed by atoms with Gasteiger partial charge in [-0.2, -0.15) is 0 Å². The molecule has 0 bridgehead atoms. The zero-order valence-corrected chi connectivity index (χ0v) is 10.8. The molecule has 0 aromatic heterocycles. The molecule has 2 amide bonds. The lowest BCUT2D eigenvalue weighted by Crippen LogP contribution is -2.32. The Hall–Kier alpha value is -1.88. The Kier molecular flexibility index (Phi) is 4.85. The summed E-state index contributed by atoms with van der Waals surface area (Å²) in [6.45, 7) is 3.20. The minimum Gasteiger partial charge on any atom is -0.392 e. The second-order valence-electron chi connectivity index (χ2n) is 4.15. The topological polar surface area (TPSA) is 69.6 Å². The van der Waals surface area contributed by atoms with Crippen molar-refractivity contribution < 1.29 is 14.7 Å². The molecule has 0 heterocycles. The molecule has 5 heteroatoms. The van der Waals surface area contributed by atoms with Gasteiger partial charge >= 0.3 is 0 Å². The van der Waals surface area contributed by atoms with E-state index in [-0.39, 0.29) is 18.4 Å². The van der Waals surface area contributed by atoms with Crippen molar-refractivity contribution in [1.29, 1.82) is 0 Å². The standard InChI is InChI=1S/C13H18N2O3/c1-9(16)8-14-13(18)11-6-4-5-7-12(11)15(3)10(2)17/h4-7,9,16H,8H2,1-3H3,(H,14,18)/t9-/m0/s1. The first-order valence-corrected chi connectivity index (χ1v) is 5.73. The molecule has 1 rings (SSSR count). The van der Waals surface area contributed by atoms with Crippen LogP contribution in [-0.2, 0) is 4.79 Å². The summed E-state index contributed by atoms with van der Waals surface area (Å²) in [6, 6.07) is 6.85. The predicted molar refractivity (Wildman–Crippen MR) is 69.5 cm³/mol. The van der Waals surface area contributed by atoms with E-state index in [2.05, 4.69) is 5.32 Å². The van der Waals surface area contributed by atoms with Gasteiger partial charge < -0.3 is 15.3 Å². The number of nitrogens with one attached hydrogen (secondary N) is 1. The minimum absolute atomic E-state index is 0.147. The maximum atomic E-state index is 11.9. The molecule has 1 aromatic carbocycles. The van der Waals surface area contributed by atoms with E-state index in [4.69, 9.17) is 5.11 Å². The number of carbonyl (C=O) groups is 2. The van der Waals surface area contributed by atoms with Gasteiger partial charge in [-0.15, -0.1) is 0 Å². The van der Waals surface area contributed by atoms with E-state index in [1.165, 1.54) is 11.8 Å². The molecule has 0 aliphatic heterocycles. The Morgan fingerprint density at radius 3 is 2.56 bits per heavy atom. The predicted octanol–water partition coefficient (Wildman–Crippen LogP) is 0.780. The molecule has 0 unspecified atom stereocenters. The third-order valence-corrected chi connectivity index (χ3v) is 2.54. The molecule has 0 saturated heterocycles. The number of aliphatic hydroxyl groups excluding tert-OH is 1. The normalized spacial score (nSPS) is 11.8. The van der Waals surface area contributed by atoms with Gasteiger partial charge in [0.25, 0.3) is 5.91 Å². The highest BCUT2D eigenvalue weighted by Crippen LogP contribution is 2.19. The van der Waals surface area contributed by atoms with Gasteiger partial charge in [0.15, 0.2) is 0 Å². The number of hydrogen-bond acceptors (Lipinski definition) is 3. The average Bonchev–Trinajstić information content (AvgIpc) is 2.34. The van der Waals surface area contributed by atoms with Crippen LogP contribution in [0.5, 0.6) is 0 Å². The van der Waals surface area contributed by atoms with E-state index >= 15 is 0 Å². The fourth-order valence-corrected chi connectivity index (χ4v) is 1.46. The van der Waals surface area contributed by atoms with Crippen molar-refractivity contribution in [2.75, 3.05) is 18.5 Å². The molecule has 18 heavy (non-hydrogen) atoms. The molecule has 0 saturated carbocycles. The highest BCUT2D eigenvalue weighted by Gasteiger charge is 2.15. The Labute approximate surface area is 106 Å². The lowest BCUT2D eigenvalue weighted by Gasteiger charge is -2.18. The van der Waals surface area contributed by atoms with Crippen LogP contribution in [0.3, 0.4) is 0 Å². The van der Waals surface area contributed by atoms with Crippen LogP contribution >= 0.6 is 0 Å².